The van der Waals surface area contributed by atoms with E-state index in [1.165, 1.54) is 4.90 Å². The van der Waals surface area contributed by atoms with E-state index < -0.39 is 0 Å². The zero-order chi connectivity index (χ0) is 10.1. The Kier molecular flexibility index (Phi) is 2.41. The summed E-state index contributed by atoms with van der Waals surface area (Å²) in [6, 6.07) is -0.0993. The number of nitrogens with two attached hydrogens (primary N) is 1. The van der Waals surface area contributed by atoms with Crippen molar-refractivity contribution in [3.8, 4) is 0 Å². The average molecular weight is 197 g/mol. The maximum absolute atomic E-state index is 11.4. The van der Waals surface area contributed by atoms with Crippen LogP contribution in [0.15, 0.2) is 0 Å². The summed E-state index contributed by atoms with van der Waals surface area (Å²) in [7, 11) is 0. The molecule has 0 radical (unpaired) electrons. The van der Waals surface area contributed by atoms with Crippen molar-refractivity contribution >= 4 is 11.9 Å². The minimum Gasteiger partial charge on any atom is -0.329 e. The molecular formula is C9H15N3O2. The summed E-state index contributed by atoms with van der Waals surface area (Å²) >= 11 is 0. The second-order valence-corrected chi connectivity index (χ2v) is 4.00. The lowest BCUT2D eigenvalue weighted by Crippen LogP contribution is -2.45. The molecule has 14 heavy (non-hydrogen) atoms. The van der Waals surface area contributed by atoms with Crippen LogP contribution < -0.4 is 11.1 Å². The van der Waals surface area contributed by atoms with Crippen LogP contribution in [0, 0.1) is 0 Å². The van der Waals surface area contributed by atoms with E-state index in [-0.39, 0.29) is 30.6 Å². The SMILES string of the molecule is NC1CCCC(N2C(=O)CNC2=O)C1. The van der Waals surface area contributed by atoms with Crippen LogP contribution in [-0.2, 0) is 4.79 Å². The van der Waals surface area contributed by atoms with Crippen molar-refractivity contribution in [1.29, 1.82) is 0 Å². The summed E-state index contributed by atoms with van der Waals surface area (Å²) in [5.74, 6) is -0.117. The van der Waals surface area contributed by atoms with Crippen LogP contribution in [0.2, 0.25) is 0 Å². The Morgan fingerprint density at radius 3 is 2.71 bits per heavy atom. The summed E-state index contributed by atoms with van der Waals surface area (Å²) < 4.78 is 0. The van der Waals surface area contributed by atoms with E-state index in [9.17, 15) is 9.59 Å². The normalized spacial score (nSPS) is 33.4. The predicted octanol–water partition coefficient (Wildman–Crippen LogP) is -0.192. The molecule has 1 saturated carbocycles. The molecule has 0 aromatic heterocycles. The summed E-state index contributed by atoms with van der Waals surface area (Å²) in [6.45, 7) is 0.143. The summed E-state index contributed by atoms with van der Waals surface area (Å²) in [6.07, 6.45) is 3.65. The van der Waals surface area contributed by atoms with Gasteiger partial charge in [0.1, 0.15) is 0 Å². The Morgan fingerprint density at radius 1 is 1.36 bits per heavy atom. The van der Waals surface area contributed by atoms with Gasteiger partial charge in [0.2, 0.25) is 5.91 Å². The maximum atomic E-state index is 11.4. The standard InChI is InChI=1S/C9H15N3O2/c10-6-2-1-3-7(4-6)12-8(13)5-11-9(12)14/h6-7H,1-5,10H2,(H,11,14). The van der Waals surface area contributed by atoms with Crippen molar-refractivity contribution in [1.82, 2.24) is 10.2 Å². The number of hydrogen-bond donors (Lipinski definition) is 2. The van der Waals surface area contributed by atoms with Gasteiger partial charge >= 0.3 is 6.03 Å². The van der Waals surface area contributed by atoms with Crippen LogP contribution in [0.25, 0.3) is 0 Å². The quantitative estimate of drug-likeness (QED) is 0.572. The van der Waals surface area contributed by atoms with E-state index in [0.717, 1.165) is 25.7 Å². The number of urea groups is 1. The Morgan fingerprint density at radius 2 is 2.14 bits per heavy atom. The fraction of sp³-hybridized carbons (Fsp3) is 0.778. The van der Waals surface area contributed by atoms with E-state index >= 15 is 0 Å². The van der Waals surface area contributed by atoms with Gasteiger partial charge in [0.05, 0.1) is 6.54 Å². The largest absolute Gasteiger partial charge is 0.329 e. The topological polar surface area (TPSA) is 75.4 Å². The van der Waals surface area contributed by atoms with Gasteiger partial charge < -0.3 is 11.1 Å². The number of imide groups is 1. The van der Waals surface area contributed by atoms with Gasteiger partial charge in [-0.15, -0.1) is 0 Å². The number of amides is 3. The molecule has 2 rings (SSSR count). The van der Waals surface area contributed by atoms with Gasteiger partial charge in [-0.05, 0) is 25.7 Å². The number of rotatable bonds is 1. The van der Waals surface area contributed by atoms with Crippen molar-refractivity contribution < 1.29 is 9.59 Å². The van der Waals surface area contributed by atoms with Gasteiger partial charge in [0.15, 0.2) is 0 Å². The van der Waals surface area contributed by atoms with Crippen molar-refractivity contribution in [2.24, 2.45) is 5.73 Å². The highest BCUT2D eigenvalue weighted by molar-refractivity contribution is 6.02. The van der Waals surface area contributed by atoms with Crippen LogP contribution in [0.1, 0.15) is 25.7 Å². The van der Waals surface area contributed by atoms with Crippen molar-refractivity contribution in [3.05, 3.63) is 0 Å². The molecule has 3 amide bonds. The van der Waals surface area contributed by atoms with E-state index in [2.05, 4.69) is 5.32 Å². The Hall–Kier alpha value is -1.10. The fourth-order valence-electron chi connectivity index (χ4n) is 2.24. The monoisotopic (exact) mass is 197 g/mol. The number of carbonyl (C=O) groups excluding carboxylic acids is 2. The third kappa shape index (κ3) is 1.59. The Labute approximate surface area is 82.6 Å². The van der Waals surface area contributed by atoms with E-state index in [4.69, 9.17) is 5.73 Å². The summed E-state index contributed by atoms with van der Waals surface area (Å²) in [5.41, 5.74) is 5.81. The zero-order valence-electron chi connectivity index (χ0n) is 8.03. The van der Waals surface area contributed by atoms with Crippen LogP contribution in [-0.4, -0.2) is 35.5 Å². The molecule has 2 fully saturated rings. The molecule has 1 aliphatic heterocycles. The van der Waals surface area contributed by atoms with E-state index in [1.807, 2.05) is 0 Å². The number of nitrogens with one attached hydrogen (secondary N) is 1. The highest BCUT2D eigenvalue weighted by atomic mass is 16.2. The van der Waals surface area contributed by atoms with Gasteiger partial charge in [-0.1, -0.05) is 0 Å². The maximum Gasteiger partial charge on any atom is 0.324 e. The zero-order valence-corrected chi connectivity index (χ0v) is 8.03. The molecule has 2 unspecified atom stereocenters. The molecule has 5 nitrogen and oxygen atoms in total. The first-order valence-electron chi connectivity index (χ1n) is 5.04. The van der Waals surface area contributed by atoms with Crippen LogP contribution in [0.5, 0.6) is 0 Å². The molecule has 2 atom stereocenters. The molecule has 1 saturated heterocycles. The molecule has 5 heteroatoms. The second kappa shape index (κ2) is 3.57. The second-order valence-electron chi connectivity index (χ2n) is 4.00. The highest BCUT2D eigenvalue weighted by Crippen LogP contribution is 2.23. The van der Waals surface area contributed by atoms with Gasteiger partial charge in [-0.2, -0.15) is 0 Å². The highest BCUT2D eigenvalue weighted by Gasteiger charge is 2.36. The van der Waals surface area contributed by atoms with Crippen LogP contribution in [0.4, 0.5) is 4.79 Å². The first kappa shape index (κ1) is 9.45. The predicted molar refractivity (Wildman–Crippen MR) is 50.5 cm³/mol. The molecule has 1 heterocycles. The fourth-order valence-corrected chi connectivity index (χ4v) is 2.24. The van der Waals surface area contributed by atoms with Crippen molar-refractivity contribution in [2.75, 3.05) is 6.54 Å². The van der Waals surface area contributed by atoms with Gasteiger partial charge in [-0.3, -0.25) is 9.69 Å². The minimum atomic E-state index is -0.255. The lowest BCUT2D eigenvalue weighted by molar-refractivity contribution is -0.127. The lowest BCUT2D eigenvalue weighted by atomic mass is 9.91. The Balaban J connectivity index is 2.05. The summed E-state index contributed by atoms with van der Waals surface area (Å²) in [5, 5.41) is 2.53. The number of hydrogen-bond acceptors (Lipinski definition) is 3. The molecule has 0 spiro atoms. The molecule has 0 aromatic rings. The Bertz CT molecular complexity index is 251. The van der Waals surface area contributed by atoms with Crippen molar-refractivity contribution in [3.63, 3.8) is 0 Å². The summed E-state index contributed by atoms with van der Waals surface area (Å²) in [4.78, 5) is 24.1. The average Bonchev–Trinajstić information content (AvgIpc) is 2.46. The minimum absolute atomic E-state index is 0.0220. The van der Waals surface area contributed by atoms with Gasteiger partial charge in [-0.25, -0.2) is 4.79 Å². The van der Waals surface area contributed by atoms with Crippen molar-refractivity contribution in [2.45, 2.75) is 37.8 Å². The smallest absolute Gasteiger partial charge is 0.324 e. The number of nitrogens with zero attached hydrogens (tertiary/aromatic N) is 1. The third-order valence-corrected chi connectivity index (χ3v) is 2.93. The van der Waals surface area contributed by atoms with E-state index in [1.54, 1.807) is 0 Å². The molecule has 78 valence electrons. The molecule has 1 aliphatic carbocycles. The third-order valence-electron chi connectivity index (χ3n) is 2.93. The van der Waals surface area contributed by atoms with Crippen LogP contribution in [0.3, 0.4) is 0 Å². The molecule has 3 N–H and O–H groups in total. The molecular weight excluding hydrogens is 182 g/mol. The van der Waals surface area contributed by atoms with Crippen LogP contribution >= 0.6 is 0 Å². The first-order chi connectivity index (χ1) is 6.68. The first-order valence-corrected chi connectivity index (χ1v) is 5.04. The lowest BCUT2D eigenvalue weighted by Gasteiger charge is -2.31. The van der Waals surface area contributed by atoms with E-state index in [0.29, 0.717) is 0 Å². The van der Waals surface area contributed by atoms with Gasteiger partial charge in [0.25, 0.3) is 0 Å². The number of carbonyl (C=O) groups is 2. The molecule has 2 aliphatic rings. The molecule has 0 bridgehead atoms. The molecule has 0 aromatic carbocycles. The van der Waals surface area contributed by atoms with Gasteiger partial charge in [0, 0.05) is 12.1 Å².